The summed E-state index contributed by atoms with van der Waals surface area (Å²) in [5, 5.41) is 3.37. The number of hydrogen-bond acceptors (Lipinski definition) is 2. The summed E-state index contributed by atoms with van der Waals surface area (Å²) in [6.07, 6.45) is 3.37. The van der Waals surface area contributed by atoms with Gasteiger partial charge in [0, 0.05) is 29.2 Å². The number of anilines is 1. The van der Waals surface area contributed by atoms with Crippen molar-refractivity contribution in [2.24, 2.45) is 0 Å². The fourth-order valence-corrected chi connectivity index (χ4v) is 3.87. The van der Waals surface area contributed by atoms with E-state index in [-0.39, 0.29) is 16.8 Å². The van der Waals surface area contributed by atoms with Crippen molar-refractivity contribution < 1.29 is 13.2 Å². The third-order valence-electron chi connectivity index (χ3n) is 4.76. The van der Waals surface area contributed by atoms with E-state index in [1.807, 2.05) is 12.1 Å². The Kier molecular flexibility index (Phi) is 6.84. The van der Waals surface area contributed by atoms with E-state index >= 15 is 0 Å². The smallest absolute Gasteiger partial charge is 0.374 e. The molecule has 0 unspecified atom stereocenters. The number of alkyl halides is 3. The molecule has 6 heteroatoms. The molecule has 2 nitrogen and oxygen atoms in total. The molecule has 0 aliphatic carbocycles. The number of aromatic nitrogens is 1. The predicted molar refractivity (Wildman–Crippen MR) is 120 cm³/mol. The Morgan fingerprint density at radius 2 is 1.97 bits per heavy atom. The molecule has 0 spiro atoms. The van der Waals surface area contributed by atoms with E-state index in [0.29, 0.717) is 17.6 Å². The van der Waals surface area contributed by atoms with Crippen LogP contribution in [0.5, 0.6) is 0 Å². The molecule has 0 radical (unpaired) electrons. The van der Waals surface area contributed by atoms with Crippen LogP contribution in [-0.4, -0.2) is 16.5 Å². The quantitative estimate of drug-likeness (QED) is 0.336. The van der Waals surface area contributed by atoms with Crippen molar-refractivity contribution in [3.8, 4) is 11.8 Å². The average Bonchev–Trinajstić information content (AvgIpc) is 3.06. The Morgan fingerprint density at radius 1 is 1.17 bits per heavy atom. The predicted octanol–water partition coefficient (Wildman–Crippen LogP) is 7.00. The highest BCUT2D eigenvalue weighted by atomic mass is 32.2. The topological polar surface area (TPSA) is 16.4 Å². The van der Waals surface area contributed by atoms with Crippen LogP contribution in [0.25, 0.3) is 11.1 Å². The van der Waals surface area contributed by atoms with Gasteiger partial charge in [-0.1, -0.05) is 44.4 Å². The van der Waals surface area contributed by atoms with Gasteiger partial charge in [-0.2, -0.15) is 13.2 Å². The van der Waals surface area contributed by atoms with Crippen molar-refractivity contribution in [2.45, 2.75) is 37.2 Å². The fourth-order valence-electron chi connectivity index (χ4n) is 3.16. The van der Waals surface area contributed by atoms with E-state index in [9.17, 15) is 13.2 Å². The lowest BCUT2D eigenvalue weighted by Crippen LogP contribution is -2.03. The largest absolute Gasteiger partial charge is 0.447 e. The molecule has 0 aliphatic heterocycles. The van der Waals surface area contributed by atoms with Gasteiger partial charge < -0.3 is 9.72 Å². The van der Waals surface area contributed by atoms with Gasteiger partial charge in [0.1, 0.15) is 5.03 Å². The summed E-state index contributed by atoms with van der Waals surface area (Å²) in [5.74, 6) is 5.87. The molecule has 1 N–H and O–H groups in total. The Morgan fingerprint density at radius 3 is 2.67 bits per heavy atom. The minimum Gasteiger partial charge on any atom is -0.374 e. The van der Waals surface area contributed by atoms with Crippen molar-refractivity contribution in [3.05, 3.63) is 71.9 Å². The van der Waals surface area contributed by atoms with E-state index in [1.54, 1.807) is 30.5 Å². The summed E-state index contributed by atoms with van der Waals surface area (Å²) in [4.78, 5) is 0. The second kappa shape index (κ2) is 9.36. The number of thioether (sulfide) groups is 1. The number of pyridine rings is 1. The molecule has 0 bridgehead atoms. The van der Waals surface area contributed by atoms with Gasteiger partial charge in [0.2, 0.25) is 0 Å². The van der Waals surface area contributed by atoms with Gasteiger partial charge in [-0.25, -0.2) is 0 Å². The van der Waals surface area contributed by atoms with Crippen LogP contribution in [0.4, 0.5) is 18.9 Å². The first-order valence-corrected chi connectivity index (χ1v) is 10.5. The maximum atomic E-state index is 13.0. The molecule has 0 saturated heterocycles. The summed E-state index contributed by atoms with van der Waals surface area (Å²) < 4.78 is 40.6. The Hall–Kier alpha value is -2.78. The minimum atomic E-state index is -4.38. The van der Waals surface area contributed by atoms with Crippen molar-refractivity contribution in [1.29, 1.82) is 0 Å². The lowest BCUT2D eigenvalue weighted by molar-refractivity contribution is -0.0329. The van der Waals surface area contributed by atoms with E-state index in [1.165, 1.54) is 4.40 Å². The second-order valence-corrected chi connectivity index (χ2v) is 7.80. The van der Waals surface area contributed by atoms with Gasteiger partial charge in [0.05, 0.1) is 12.1 Å². The number of fused-ring (bicyclic) bond motifs is 1. The van der Waals surface area contributed by atoms with Crippen LogP contribution in [0.1, 0.15) is 37.0 Å². The van der Waals surface area contributed by atoms with Crippen LogP contribution in [-0.2, 0) is 6.42 Å². The van der Waals surface area contributed by atoms with Gasteiger partial charge in [0.25, 0.3) is 0 Å². The minimum absolute atomic E-state index is 0.0854. The molecule has 156 valence electrons. The third kappa shape index (κ3) is 5.22. The molecule has 0 amide bonds. The molecule has 0 fully saturated rings. The lowest BCUT2D eigenvalue weighted by Gasteiger charge is -2.12. The Labute approximate surface area is 179 Å². The average molecular weight is 429 g/mol. The summed E-state index contributed by atoms with van der Waals surface area (Å²) in [6.45, 7) is 8.58. The third-order valence-corrected chi connectivity index (χ3v) is 5.60. The van der Waals surface area contributed by atoms with E-state index in [4.69, 9.17) is 0 Å². The number of benzene rings is 1. The molecule has 3 rings (SSSR count). The molecular weight excluding hydrogens is 405 g/mol. The van der Waals surface area contributed by atoms with Gasteiger partial charge in [0.15, 0.2) is 0 Å². The number of hydrogen-bond donors (Lipinski definition) is 1. The molecule has 0 aliphatic rings. The second-order valence-electron chi connectivity index (χ2n) is 6.74. The molecule has 30 heavy (non-hydrogen) atoms. The molecule has 3 aromatic rings. The highest BCUT2D eigenvalue weighted by molar-refractivity contribution is 8.00. The fraction of sp³-hybridized carbons (Fsp3) is 0.250. The van der Waals surface area contributed by atoms with Crippen molar-refractivity contribution in [1.82, 2.24) is 4.40 Å². The first-order chi connectivity index (χ1) is 14.3. The number of halogens is 3. The lowest BCUT2D eigenvalue weighted by atomic mass is 10.00. The zero-order chi connectivity index (χ0) is 21.7. The Bertz CT molecular complexity index is 1120. The van der Waals surface area contributed by atoms with E-state index in [0.717, 1.165) is 35.2 Å². The van der Waals surface area contributed by atoms with Gasteiger partial charge in [-0.3, -0.25) is 0 Å². The van der Waals surface area contributed by atoms with Gasteiger partial charge in [-0.05, 0) is 59.9 Å². The number of allylic oxidation sites excluding steroid dienone is 1. The SMILES string of the molecule is C=C(CC)c1ccc(NCC#Cc2cc3ccccn3c2SC(F)(F)F)c(CC)c1. The first kappa shape index (κ1) is 21.9. The van der Waals surface area contributed by atoms with Crippen LogP contribution in [0.15, 0.2) is 60.3 Å². The monoisotopic (exact) mass is 428 g/mol. The van der Waals surface area contributed by atoms with Crippen LogP contribution in [0, 0.1) is 11.8 Å². The molecular formula is C24H23F3N2S. The van der Waals surface area contributed by atoms with E-state index < -0.39 is 5.51 Å². The molecule has 2 heterocycles. The standard InChI is InChI=1S/C24H23F3N2S/c1-4-17(3)19-11-12-22(18(5-2)15-19)28-13-8-9-20-16-21-10-6-7-14-29(21)23(20)30-24(25,26)27/h6-7,10-12,14-16,28H,3-5,13H2,1-2H3. The maximum absolute atomic E-state index is 13.0. The summed E-state index contributed by atoms with van der Waals surface area (Å²) in [5.41, 5.74) is 1.03. The van der Waals surface area contributed by atoms with Crippen LogP contribution >= 0.6 is 11.8 Å². The molecule has 0 atom stereocenters. The molecule has 2 aromatic heterocycles. The van der Waals surface area contributed by atoms with Gasteiger partial charge in [-0.15, -0.1) is 0 Å². The zero-order valence-corrected chi connectivity index (χ0v) is 17.8. The number of aryl methyl sites for hydroxylation is 1. The first-order valence-electron chi connectivity index (χ1n) is 9.72. The van der Waals surface area contributed by atoms with Gasteiger partial charge >= 0.3 is 5.51 Å². The Balaban J connectivity index is 1.80. The number of nitrogens with zero attached hydrogens (tertiary/aromatic N) is 1. The van der Waals surface area contributed by atoms with E-state index in [2.05, 4.69) is 43.7 Å². The highest BCUT2D eigenvalue weighted by Gasteiger charge is 2.32. The zero-order valence-electron chi connectivity index (χ0n) is 16.9. The summed E-state index contributed by atoms with van der Waals surface area (Å²) in [7, 11) is 0. The maximum Gasteiger partial charge on any atom is 0.447 e. The molecule has 0 saturated carbocycles. The highest BCUT2D eigenvalue weighted by Crippen LogP contribution is 2.39. The summed E-state index contributed by atoms with van der Waals surface area (Å²) >= 11 is -0.138. The van der Waals surface area contributed by atoms with Crippen LogP contribution < -0.4 is 5.32 Å². The van der Waals surface area contributed by atoms with Crippen molar-refractivity contribution in [3.63, 3.8) is 0 Å². The molecule has 1 aromatic carbocycles. The van der Waals surface area contributed by atoms with Crippen molar-refractivity contribution in [2.75, 3.05) is 11.9 Å². The summed E-state index contributed by atoms with van der Waals surface area (Å²) in [6, 6.07) is 13.1. The van der Waals surface area contributed by atoms with Crippen LogP contribution in [0.2, 0.25) is 0 Å². The normalized spacial score (nSPS) is 11.2. The van der Waals surface area contributed by atoms with Crippen molar-refractivity contribution >= 4 is 28.5 Å². The van der Waals surface area contributed by atoms with Crippen LogP contribution in [0.3, 0.4) is 0 Å². The number of nitrogens with one attached hydrogen (secondary N) is 1. The number of rotatable bonds is 6.